The number of hydrogen-bond donors (Lipinski definition) is 0. The highest BCUT2D eigenvalue weighted by Crippen LogP contribution is 2.52. The molecule has 1 nitrogen and oxygen atoms in total. The fourth-order valence-electron chi connectivity index (χ4n) is 3.44. The zero-order valence-corrected chi connectivity index (χ0v) is 9.47. The normalized spacial score (nSPS) is 41.2. The summed E-state index contributed by atoms with van der Waals surface area (Å²) in [5.41, 5.74) is 1.38. The van der Waals surface area contributed by atoms with Crippen molar-refractivity contribution in [3.05, 3.63) is 12.2 Å². The van der Waals surface area contributed by atoms with Gasteiger partial charge in [-0.05, 0) is 30.1 Å². The van der Waals surface area contributed by atoms with Gasteiger partial charge in [0.05, 0.1) is 0 Å². The Morgan fingerprint density at radius 3 is 2.71 bits per heavy atom. The van der Waals surface area contributed by atoms with Crippen LogP contribution in [0.3, 0.4) is 0 Å². The van der Waals surface area contributed by atoms with Gasteiger partial charge in [0.2, 0.25) is 0 Å². The van der Waals surface area contributed by atoms with E-state index in [0.717, 1.165) is 6.42 Å². The molecule has 0 heterocycles. The van der Waals surface area contributed by atoms with E-state index >= 15 is 0 Å². The van der Waals surface area contributed by atoms with Gasteiger partial charge in [-0.2, -0.15) is 0 Å². The molecule has 2 fully saturated rings. The fourth-order valence-corrected chi connectivity index (χ4v) is 3.44. The Hall–Kier alpha value is -0.590. The van der Waals surface area contributed by atoms with Crippen LogP contribution >= 0.6 is 0 Å². The van der Waals surface area contributed by atoms with Crippen LogP contribution < -0.4 is 0 Å². The second-order valence-corrected chi connectivity index (χ2v) is 5.79. The molecule has 3 unspecified atom stereocenters. The van der Waals surface area contributed by atoms with E-state index in [2.05, 4.69) is 27.4 Å². The first-order valence-corrected chi connectivity index (χ1v) is 5.65. The number of carbonyl (C=O) groups excluding carboxylic acids is 1. The molecule has 3 atom stereocenters. The van der Waals surface area contributed by atoms with Gasteiger partial charge in [-0.15, -0.1) is 0 Å². The monoisotopic (exact) mass is 192 g/mol. The minimum absolute atomic E-state index is 0.150. The van der Waals surface area contributed by atoms with E-state index in [0.29, 0.717) is 17.6 Å². The maximum Gasteiger partial charge on any atom is 0.140 e. The average Bonchev–Trinajstić information content (AvgIpc) is 1.99. The molecule has 0 aromatic carbocycles. The molecule has 14 heavy (non-hydrogen) atoms. The van der Waals surface area contributed by atoms with Gasteiger partial charge in [0.1, 0.15) is 5.78 Å². The summed E-state index contributed by atoms with van der Waals surface area (Å²) < 4.78 is 0. The molecule has 78 valence electrons. The number of carbonyl (C=O) groups is 1. The fraction of sp³-hybridized carbons (Fsp3) is 0.769. The highest BCUT2D eigenvalue weighted by atomic mass is 16.1. The van der Waals surface area contributed by atoms with Crippen LogP contribution in [0.5, 0.6) is 0 Å². The maximum absolute atomic E-state index is 12.0. The van der Waals surface area contributed by atoms with Crippen molar-refractivity contribution in [3.8, 4) is 0 Å². The molecular formula is C13H20O. The molecule has 0 radical (unpaired) electrons. The lowest BCUT2D eigenvalue weighted by molar-refractivity contribution is -0.130. The largest absolute Gasteiger partial charge is 0.299 e. The summed E-state index contributed by atoms with van der Waals surface area (Å²) in [6.45, 7) is 10.8. The molecule has 2 bridgehead atoms. The van der Waals surface area contributed by atoms with Crippen molar-refractivity contribution >= 4 is 5.78 Å². The average molecular weight is 192 g/mol. The van der Waals surface area contributed by atoms with E-state index in [1.54, 1.807) is 0 Å². The van der Waals surface area contributed by atoms with Crippen molar-refractivity contribution in [2.75, 3.05) is 0 Å². The Morgan fingerprint density at radius 2 is 2.07 bits per heavy atom. The Kier molecular flexibility index (Phi) is 2.09. The molecule has 0 aliphatic heterocycles. The van der Waals surface area contributed by atoms with Crippen LogP contribution in [0, 0.1) is 23.2 Å². The van der Waals surface area contributed by atoms with Crippen molar-refractivity contribution < 1.29 is 4.79 Å². The lowest BCUT2D eigenvalue weighted by Crippen LogP contribution is -2.45. The van der Waals surface area contributed by atoms with Crippen LogP contribution in [0.1, 0.15) is 40.0 Å². The third-order valence-electron chi connectivity index (χ3n) is 4.26. The smallest absolute Gasteiger partial charge is 0.140 e. The predicted molar refractivity (Wildman–Crippen MR) is 57.9 cm³/mol. The van der Waals surface area contributed by atoms with Crippen LogP contribution in [0.4, 0.5) is 0 Å². The number of rotatable bonds is 0. The van der Waals surface area contributed by atoms with Crippen LogP contribution in [0.15, 0.2) is 12.2 Å². The lowest BCUT2D eigenvalue weighted by atomic mass is 9.55. The van der Waals surface area contributed by atoms with Gasteiger partial charge in [-0.3, -0.25) is 4.79 Å². The highest BCUT2D eigenvalue weighted by Gasteiger charge is 2.48. The van der Waals surface area contributed by atoms with Crippen molar-refractivity contribution in [1.82, 2.24) is 0 Å². The van der Waals surface area contributed by atoms with Gasteiger partial charge in [0.15, 0.2) is 0 Å². The number of allylic oxidation sites excluding steroid dienone is 1. The van der Waals surface area contributed by atoms with Crippen molar-refractivity contribution in [2.45, 2.75) is 40.0 Å². The third kappa shape index (κ3) is 1.25. The first-order chi connectivity index (χ1) is 6.43. The van der Waals surface area contributed by atoms with Crippen LogP contribution in [0.25, 0.3) is 0 Å². The number of ketones is 1. The summed E-state index contributed by atoms with van der Waals surface area (Å²) in [5.74, 6) is 1.73. The molecule has 1 heteroatoms. The lowest BCUT2D eigenvalue weighted by Gasteiger charge is -2.48. The first-order valence-electron chi connectivity index (χ1n) is 5.65. The minimum Gasteiger partial charge on any atom is -0.299 e. The first kappa shape index (κ1) is 9.95. The Morgan fingerprint density at radius 1 is 1.43 bits per heavy atom. The van der Waals surface area contributed by atoms with E-state index in [-0.39, 0.29) is 11.3 Å². The van der Waals surface area contributed by atoms with E-state index < -0.39 is 0 Å². The topological polar surface area (TPSA) is 17.1 Å². The van der Waals surface area contributed by atoms with Gasteiger partial charge in [0.25, 0.3) is 0 Å². The quantitative estimate of drug-likeness (QED) is 0.539. The van der Waals surface area contributed by atoms with E-state index in [9.17, 15) is 4.79 Å². The minimum atomic E-state index is 0.150. The molecule has 0 amide bonds. The third-order valence-corrected chi connectivity index (χ3v) is 4.26. The SMILES string of the molecule is C=C1C2CCC(C)(C)C1C(=O)CC2C. The number of fused-ring (bicyclic) bond motifs is 2. The summed E-state index contributed by atoms with van der Waals surface area (Å²) in [5, 5.41) is 0. The standard InChI is InChI=1S/C13H20O/c1-8-7-11(14)12-9(2)10(8)5-6-13(12,3)4/h8,10,12H,2,5-7H2,1,3-4H3. The molecule has 0 N–H and O–H groups in total. The van der Waals surface area contributed by atoms with Crippen molar-refractivity contribution in [3.63, 3.8) is 0 Å². The number of hydrogen-bond acceptors (Lipinski definition) is 1. The number of Topliss-reactive ketones (excluding diaryl/α,β-unsaturated/α-hetero) is 1. The maximum atomic E-state index is 12.0. The highest BCUT2D eigenvalue weighted by molar-refractivity contribution is 5.86. The van der Waals surface area contributed by atoms with Gasteiger partial charge in [0, 0.05) is 12.3 Å². The Labute approximate surface area is 86.6 Å². The van der Waals surface area contributed by atoms with E-state index in [4.69, 9.17) is 0 Å². The molecule has 2 aliphatic rings. The van der Waals surface area contributed by atoms with Crippen LogP contribution in [-0.4, -0.2) is 5.78 Å². The van der Waals surface area contributed by atoms with E-state index in [1.807, 2.05) is 0 Å². The molecule has 0 aromatic rings. The van der Waals surface area contributed by atoms with Gasteiger partial charge < -0.3 is 0 Å². The predicted octanol–water partition coefficient (Wildman–Crippen LogP) is 3.20. The molecule has 2 aliphatic carbocycles. The van der Waals surface area contributed by atoms with Crippen molar-refractivity contribution in [2.24, 2.45) is 23.2 Å². The molecule has 2 rings (SSSR count). The summed E-state index contributed by atoms with van der Waals surface area (Å²) in [7, 11) is 0. The zero-order chi connectivity index (χ0) is 10.5. The van der Waals surface area contributed by atoms with Crippen molar-refractivity contribution in [1.29, 1.82) is 0 Å². The molecule has 0 aromatic heterocycles. The summed E-state index contributed by atoms with van der Waals surface area (Å²) in [6.07, 6.45) is 3.19. The van der Waals surface area contributed by atoms with Gasteiger partial charge in [-0.25, -0.2) is 0 Å². The van der Waals surface area contributed by atoms with Gasteiger partial charge in [-0.1, -0.05) is 32.9 Å². The van der Waals surface area contributed by atoms with Crippen LogP contribution in [-0.2, 0) is 4.79 Å². The van der Waals surface area contributed by atoms with Crippen LogP contribution in [0.2, 0.25) is 0 Å². The zero-order valence-electron chi connectivity index (χ0n) is 9.47. The molecular weight excluding hydrogens is 172 g/mol. The Bertz CT molecular complexity index is 288. The second kappa shape index (κ2) is 2.95. The van der Waals surface area contributed by atoms with Gasteiger partial charge >= 0.3 is 0 Å². The Balaban J connectivity index is 2.36. The molecule has 0 saturated heterocycles. The van der Waals surface area contributed by atoms with E-state index in [1.165, 1.54) is 18.4 Å². The summed E-state index contributed by atoms with van der Waals surface area (Å²) in [4.78, 5) is 12.0. The summed E-state index contributed by atoms with van der Waals surface area (Å²) >= 11 is 0. The summed E-state index contributed by atoms with van der Waals surface area (Å²) in [6, 6.07) is 0. The second-order valence-electron chi connectivity index (χ2n) is 5.79. The molecule has 2 saturated carbocycles. The molecule has 0 spiro atoms.